The Kier molecular flexibility index (Phi) is 5.10. The molecular weight excluding hydrogens is 238 g/mol. The summed E-state index contributed by atoms with van der Waals surface area (Å²) in [6.45, 7) is 5.31. The lowest BCUT2D eigenvalue weighted by Crippen LogP contribution is -2.14. The first-order valence-electron chi connectivity index (χ1n) is 4.93. The van der Waals surface area contributed by atoms with Crippen LogP contribution in [0.4, 0.5) is 5.82 Å². The maximum atomic E-state index is 11.8. The van der Waals surface area contributed by atoms with Crippen molar-refractivity contribution in [3.63, 3.8) is 0 Å². The minimum atomic E-state index is -0.262. The Bertz CT molecular complexity index is 463. The normalized spacial score (nSPS) is 11.5. The van der Waals surface area contributed by atoms with Crippen LogP contribution >= 0.6 is 11.6 Å². The minimum absolute atomic E-state index is 0.262. The summed E-state index contributed by atoms with van der Waals surface area (Å²) in [5.74, 6) is 0.0907. The van der Waals surface area contributed by atoms with E-state index in [9.17, 15) is 4.79 Å². The Morgan fingerprint density at radius 2 is 2.24 bits per heavy atom. The molecule has 1 amide bonds. The van der Waals surface area contributed by atoms with Crippen LogP contribution in [0.2, 0.25) is 5.15 Å². The molecular formula is C12H12ClN3O. The lowest BCUT2D eigenvalue weighted by molar-refractivity contribution is -0.112. The Morgan fingerprint density at radius 3 is 2.76 bits per heavy atom. The van der Waals surface area contributed by atoms with Crippen molar-refractivity contribution in [2.24, 2.45) is 0 Å². The molecule has 1 aromatic heterocycles. The van der Waals surface area contributed by atoms with Crippen molar-refractivity contribution in [2.75, 3.05) is 5.32 Å². The molecule has 0 bridgehead atoms. The molecule has 1 N–H and O–H groups in total. The van der Waals surface area contributed by atoms with E-state index in [1.807, 2.05) is 0 Å². The number of allylic oxidation sites excluding steroid dienone is 3. The van der Waals surface area contributed by atoms with Crippen molar-refractivity contribution in [3.05, 3.63) is 53.7 Å². The second-order valence-corrected chi connectivity index (χ2v) is 3.42. The largest absolute Gasteiger partial charge is 0.305 e. The van der Waals surface area contributed by atoms with Crippen LogP contribution in [0, 0.1) is 0 Å². The molecule has 0 atom stereocenters. The highest BCUT2D eigenvalue weighted by Crippen LogP contribution is 2.08. The summed E-state index contributed by atoms with van der Waals surface area (Å²) in [5, 5.41) is 10.2. The summed E-state index contributed by atoms with van der Waals surface area (Å²) in [5.41, 5.74) is 0.515. The van der Waals surface area contributed by atoms with Gasteiger partial charge in [-0.15, -0.1) is 10.2 Å². The molecule has 5 heteroatoms. The first kappa shape index (κ1) is 13.1. The van der Waals surface area contributed by atoms with Gasteiger partial charge in [0.15, 0.2) is 11.0 Å². The summed E-state index contributed by atoms with van der Waals surface area (Å²) in [7, 11) is 0. The van der Waals surface area contributed by atoms with Crippen molar-refractivity contribution in [1.29, 1.82) is 0 Å². The van der Waals surface area contributed by atoms with Crippen LogP contribution in [0.25, 0.3) is 0 Å². The third-order valence-electron chi connectivity index (χ3n) is 1.86. The number of amides is 1. The average Bonchev–Trinajstić information content (AvgIpc) is 2.33. The molecule has 0 aliphatic rings. The molecule has 88 valence electrons. The highest BCUT2D eigenvalue weighted by molar-refractivity contribution is 6.29. The molecule has 4 nitrogen and oxygen atoms in total. The quantitative estimate of drug-likeness (QED) is 0.659. The zero-order chi connectivity index (χ0) is 12.7. The molecule has 0 aliphatic carbocycles. The fourth-order valence-corrected chi connectivity index (χ4v) is 1.15. The maximum Gasteiger partial charge on any atom is 0.256 e. The summed E-state index contributed by atoms with van der Waals surface area (Å²) >= 11 is 5.59. The molecule has 1 rings (SSSR count). The maximum absolute atomic E-state index is 11.8. The van der Waals surface area contributed by atoms with Gasteiger partial charge in [0.05, 0.1) is 0 Å². The van der Waals surface area contributed by atoms with E-state index >= 15 is 0 Å². The van der Waals surface area contributed by atoms with Crippen LogP contribution in [0.15, 0.2) is 48.6 Å². The molecule has 0 unspecified atom stereocenters. The Balaban J connectivity index is 2.74. The Morgan fingerprint density at radius 1 is 1.47 bits per heavy atom. The van der Waals surface area contributed by atoms with E-state index in [-0.39, 0.29) is 11.1 Å². The van der Waals surface area contributed by atoms with Crippen molar-refractivity contribution < 1.29 is 4.79 Å². The predicted octanol–water partition coefficient (Wildman–Crippen LogP) is 2.76. The second-order valence-electron chi connectivity index (χ2n) is 3.03. The van der Waals surface area contributed by atoms with Crippen molar-refractivity contribution >= 4 is 23.3 Å². The van der Waals surface area contributed by atoms with Crippen molar-refractivity contribution in [1.82, 2.24) is 10.2 Å². The van der Waals surface area contributed by atoms with Crippen molar-refractivity contribution in [2.45, 2.75) is 6.92 Å². The van der Waals surface area contributed by atoms with Crippen LogP contribution in [-0.2, 0) is 4.79 Å². The van der Waals surface area contributed by atoms with Crippen LogP contribution in [0.3, 0.4) is 0 Å². The van der Waals surface area contributed by atoms with Gasteiger partial charge < -0.3 is 5.32 Å². The number of hydrogen-bond acceptors (Lipinski definition) is 3. The lowest BCUT2D eigenvalue weighted by Gasteiger charge is -2.03. The van der Waals surface area contributed by atoms with E-state index in [1.54, 1.807) is 43.4 Å². The number of nitrogens with one attached hydrogen (secondary N) is 1. The van der Waals surface area contributed by atoms with Gasteiger partial charge in [-0.1, -0.05) is 36.4 Å². The number of carbonyl (C=O) groups is 1. The third kappa shape index (κ3) is 4.20. The van der Waals surface area contributed by atoms with Gasteiger partial charge >= 0.3 is 0 Å². The third-order valence-corrected chi connectivity index (χ3v) is 2.06. The Hall–Kier alpha value is -1.94. The van der Waals surface area contributed by atoms with Gasteiger partial charge in [-0.2, -0.15) is 0 Å². The molecule has 0 aromatic carbocycles. The van der Waals surface area contributed by atoms with E-state index in [4.69, 9.17) is 11.6 Å². The number of hydrogen-bond donors (Lipinski definition) is 1. The van der Waals surface area contributed by atoms with Gasteiger partial charge in [-0.25, -0.2) is 0 Å². The SMILES string of the molecule is C=C/C=C\C(=C/C)C(=O)Nc1ccc(Cl)nn1. The topological polar surface area (TPSA) is 54.9 Å². The van der Waals surface area contributed by atoms with E-state index in [2.05, 4.69) is 22.1 Å². The molecule has 1 heterocycles. The summed E-state index contributed by atoms with van der Waals surface area (Å²) in [4.78, 5) is 11.8. The molecule has 0 saturated heterocycles. The highest BCUT2D eigenvalue weighted by atomic mass is 35.5. The van der Waals surface area contributed by atoms with E-state index < -0.39 is 0 Å². The molecule has 1 aromatic rings. The van der Waals surface area contributed by atoms with Crippen LogP contribution in [0.1, 0.15) is 6.92 Å². The highest BCUT2D eigenvalue weighted by Gasteiger charge is 2.06. The molecule has 17 heavy (non-hydrogen) atoms. The molecule has 0 fully saturated rings. The second kappa shape index (κ2) is 6.60. The average molecular weight is 250 g/mol. The zero-order valence-corrected chi connectivity index (χ0v) is 10.1. The number of anilines is 1. The smallest absolute Gasteiger partial charge is 0.256 e. The van der Waals surface area contributed by atoms with Crippen LogP contribution in [0.5, 0.6) is 0 Å². The van der Waals surface area contributed by atoms with Crippen LogP contribution in [-0.4, -0.2) is 16.1 Å². The van der Waals surface area contributed by atoms with E-state index in [1.165, 1.54) is 0 Å². The Labute approximate surface area is 105 Å². The molecule has 0 radical (unpaired) electrons. The monoisotopic (exact) mass is 249 g/mol. The fourth-order valence-electron chi connectivity index (χ4n) is 1.05. The van der Waals surface area contributed by atoms with E-state index in [0.717, 1.165) is 0 Å². The number of rotatable bonds is 4. The fraction of sp³-hybridized carbons (Fsp3) is 0.0833. The molecule has 0 spiro atoms. The van der Waals surface area contributed by atoms with E-state index in [0.29, 0.717) is 11.4 Å². The predicted molar refractivity (Wildman–Crippen MR) is 68.8 cm³/mol. The van der Waals surface area contributed by atoms with Crippen LogP contribution < -0.4 is 5.32 Å². The number of nitrogens with zero attached hydrogens (tertiary/aromatic N) is 2. The number of carbonyl (C=O) groups excluding carboxylic acids is 1. The lowest BCUT2D eigenvalue weighted by atomic mass is 10.2. The molecule has 0 aliphatic heterocycles. The standard InChI is InChI=1S/C12H12ClN3O/c1-3-5-6-9(4-2)12(17)14-11-8-7-10(13)15-16-11/h3-8H,1H2,2H3,(H,14,16,17)/b6-5-,9-4+. The van der Waals surface area contributed by atoms with Crippen molar-refractivity contribution in [3.8, 4) is 0 Å². The summed E-state index contributed by atoms with van der Waals surface area (Å²) < 4.78 is 0. The first-order valence-corrected chi connectivity index (χ1v) is 5.31. The number of aromatic nitrogens is 2. The van der Waals surface area contributed by atoms with Gasteiger partial charge in [0.25, 0.3) is 5.91 Å². The minimum Gasteiger partial charge on any atom is -0.305 e. The van der Waals surface area contributed by atoms with Gasteiger partial charge in [0.1, 0.15) is 0 Å². The summed E-state index contributed by atoms with van der Waals surface area (Å²) in [6.07, 6.45) is 6.63. The van der Waals surface area contributed by atoms with Gasteiger partial charge in [0.2, 0.25) is 0 Å². The van der Waals surface area contributed by atoms with Gasteiger partial charge in [-0.05, 0) is 25.1 Å². The van der Waals surface area contributed by atoms with Gasteiger partial charge in [-0.3, -0.25) is 4.79 Å². The molecule has 0 saturated carbocycles. The summed E-state index contributed by atoms with van der Waals surface area (Å²) in [6, 6.07) is 3.14. The number of halogens is 1. The first-order chi connectivity index (χ1) is 8.17. The zero-order valence-electron chi connectivity index (χ0n) is 9.35. The van der Waals surface area contributed by atoms with Gasteiger partial charge in [0, 0.05) is 5.57 Å².